The molecule has 0 bridgehead atoms. The minimum atomic E-state index is 0.144. The fourth-order valence-corrected chi connectivity index (χ4v) is 0.408. The van der Waals surface area contributed by atoms with Crippen LogP contribution < -0.4 is 0 Å². The van der Waals surface area contributed by atoms with Crippen LogP contribution in [0.25, 0.3) is 0 Å². The molecular formula is C6H10ClN. The molecule has 1 nitrogen and oxygen atoms in total. The molecule has 0 saturated heterocycles. The Morgan fingerprint density at radius 2 is 1.62 bits per heavy atom. The van der Waals surface area contributed by atoms with Gasteiger partial charge in [-0.2, -0.15) is 0 Å². The lowest BCUT2D eigenvalue weighted by Crippen LogP contribution is -1.87. The molecule has 0 aromatic heterocycles. The second-order valence-corrected chi connectivity index (χ2v) is 2.32. The molecule has 0 atom stereocenters. The van der Waals surface area contributed by atoms with E-state index in [1.165, 1.54) is 0 Å². The predicted molar refractivity (Wildman–Crippen MR) is 37.6 cm³/mol. The number of rotatable bonds is 1. The minimum absolute atomic E-state index is 0.144. The zero-order valence-electron chi connectivity index (χ0n) is 5.38. The van der Waals surface area contributed by atoms with Gasteiger partial charge in [-0.05, 0) is 26.3 Å². The Morgan fingerprint density at radius 1 is 1.25 bits per heavy atom. The average Bonchev–Trinajstić information content (AvgIpc) is 1.64. The first-order chi connectivity index (χ1) is 3.55. The van der Waals surface area contributed by atoms with Crippen molar-refractivity contribution in [3.63, 3.8) is 0 Å². The van der Waals surface area contributed by atoms with Crippen molar-refractivity contribution in [2.75, 3.05) is 0 Å². The molecule has 1 N–H and O–H groups in total. The van der Waals surface area contributed by atoms with Gasteiger partial charge in [-0.25, -0.2) is 0 Å². The standard InChI is InChI=1S/C6H10ClN/c1-4(2)5(3)6(7)8/h8H,1-3H3. The van der Waals surface area contributed by atoms with Crippen molar-refractivity contribution in [3.8, 4) is 0 Å². The second kappa shape index (κ2) is 2.88. The molecule has 0 fully saturated rings. The molecule has 2 heteroatoms. The van der Waals surface area contributed by atoms with Crippen LogP contribution in [0.15, 0.2) is 11.1 Å². The summed E-state index contributed by atoms with van der Waals surface area (Å²) in [6.45, 7) is 5.71. The summed E-state index contributed by atoms with van der Waals surface area (Å²) in [5, 5.41) is 7.08. The minimum Gasteiger partial charge on any atom is -0.289 e. The molecule has 0 unspecified atom stereocenters. The van der Waals surface area contributed by atoms with E-state index >= 15 is 0 Å². The van der Waals surface area contributed by atoms with Crippen molar-refractivity contribution >= 4 is 16.8 Å². The molecule has 0 aliphatic heterocycles. The Morgan fingerprint density at radius 3 is 1.62 bits per heavy atom. The van der Waals surface area contributed by atoms with Gasteiger partial charge in [0.05, 0.1) is 0 Å². The molecule has 8 heavy (non-hydrogen) atoms. The van der Waals surface area contributed by atoms with Gasteiger partial charge in [0.2, 0.25) is 0 Å². The Labute approximate surface area is 54.9 Å². The van der Waals surface area contributed by atoms with Crippen LogP contribution >= 0.6 is 11.6 Å². The lowest BCUT2D eigenvalue weighted by Gasteiger charge is -1.95. The van der Waals surface area contributed by atoms with Crippen LogP contribution in [0.5, 0.6) is 0 Å². The number of nitrogens with one attached hydrogen (secondary N) is 1. The summed E-state index contributed by atoms with van der Waals surface area (Å²) in [6.07, 6.45) is 0. The van der Waals surface area contributed by atoms with Crippen LogP contribution in [0.4, 0.5) is 0 Å². The quantitative estimate of drug-likeness (QED) is 0.529. The SMILES string of the molecule is CC(C)=C(C)C(=N)Cl. The van der Waals surface area contributed by atoms with Crippen molar-refractivity contribution in [3.05, 3.63) is 11.1 Å². The van der Waals surface area contributed by atoms with E-state index in [1.54, 1.807) is 0 Å². The van der Waals surface area contributed by atoms with Crippen LogP contribution in [0, 0.1) is 5.41 Å². The molecule has 0 spiro atoms. The predicted octanol–water partition coefficient (Wildman–Crippen LogP) is 2.56. The Balaban J connectivity index is 4.23. The summed E-state index contributed by atoms with van der Waals surface area (Å²) < 4.78 is 0. The van der Waals surface area contributed by atoms with Gasteiger partial charge >= 0.3 is 0 Å². The summed E-state index contributed by atoms with van der Waals surface area (Å²) in [7, 11) is 0. The fourth-order valence-electron chi connectivity index (χ4n) is 0.219. The third kappa shape index (κ3) is 2.12. The fraction of sp³-hybridized carbons (Fsp3) is 0.500. The first-order valence-corrected chi connectivity index (χ1v) is 2.82. The van der Waals surface area contributed by atoms with E-state index < -0.39 is 0 Å². The second-order valence-electron chi connectivity index (χ2n) is 1.94. The zero-order valence-corrected chi connectivity index (χ0v) is 6.13. The lowest BCUT2D eigenvalue weighted by molar-refractivity contribution is 1.31. The van der Waals surface area contributed by atoms with E-state index in [0.29, 0.717) is 0 Å². The molecule has 0 amide bonds. The maximum absolute atomic E-state index is 6.94. The van der Waals surface area contributed by atoms with E-state index in [-0.39, 0.29) is 5.17 Å². The van der Waals surface area contributed by atoms with Gasteiger partial charge in [0.15, 0.2) is 0 Å². The van der Waals surface area contributed by atoms with Crippen molar-refractivity contribution in [2.45, 2.75) is 20.8 Å². The van der Waals surface area contributed by atoms with Crippen LogP contribution in [0.2, 0.25) is 0 Å². The summed E-state index contributed by atoms with van der Waals surface area (Å²) in [4.78, 5) is 0. The topological polar surface area (TPSA) is 23.9 Å². The van der Waals surface area contributed by atoms with Gasteiger partial charge < -0.3 is 0 Å². The van der Waals surface area contributed by atoms with Crippen molar-refractivity contribution in [2.24, 2.45) is 0 Å². The first kappa shape index (κ1) is 7.70. The Bertz CT molecular complexity index is 131. The van der Waals surface area contributed by atoms with Gasteiger partial charge in [0.25, 0.3) is 0 Å². The highest BCUT2D eigenvalue weighted by molar-refractivity contribution is 6.68. The molecule has 0 aliphatic carbocycles. The zero-order chi connectivity index (χ0) is 6.73. The van der Waals surface area contributed by atoms with Gasteiger partial charge in [-0.3, -0.25) is 5.41 Å². The van der Waals surface area contributed by atoms with Crippen molar-refractivity contribution in [1.29, 1.82) is 5.41 Å². The number of hydrogen-bond acceptors (Lipinski definition) is 1. The highest BCUT2D eigenvalue weighted by atomic mass is 35.5. The average molecular weight is 132 g/mol. The van der Waals surface area contributed by atoms with E-state index in [1.807, 2.05) is 20.8 Å². The third-order valence-electron chi connectivity index (χ3n) is 1.08. The van der Waals surface area contributed by atoms with Gasteiger partial charge in [0, 0.05) is 0 Å². The molecule has 0 aromatic carbocycles. The van der Waals surface area contributed by atoms with Crippen LogP contribution in [-0.4, -0.2) is 5.17 Å². The van der Waals surface area contributed by atoms with E-state index in [2.05, 4.69) is 0 Å². The maximum Gasteiger partial charge on any atom is 0.123 e. The monoisotopic (exact) mass is 131 g/mol. The molecular weight excluding hydrogens is 122 g/mol. The van der Waals surface area contributed by atoms with Crippen molar-refractivity contribution in [1.82, 2.24) is 0 Å². The van der Waals surface area contributed by atoms with Gasteiger partial charge in [-0.1, -0.05) is 17.2 Å². The molecule has 0 heterocycles. The molecule has 46 valence electrons. The number of halogens is 1. The summed E-state index contributed by atoms with van der Waals surface area (Å²) in [5.41, 5.74) is 1.97. The molecule has 0 saturated carbocycles. The maximum atomic E-state index is 6.94. The normalized spacial score (nSPS) is 8.50. The van der Waals surface area contributed by atoms with Gasteiger partial charge in [-0.15, -0.1) is 0 Å². The molecule has 0 rings (SSSR count). The van der Waals surface area contributed by atoms with E-state index in [0.717, 1.165) is 11.1 Å². The Hall–Kier alpha value is -0.300. The molecule has 0 aliphatic rings. The first-order valence-electron chi connectivity index (χ1n) is 2.44. The number of allylic oxidation sites excluding steroid dienone is 2. The third-order valence-corrected chi connectivity index (χ3v) is 1.36. The smallest absolute Gasteiger partial charge is 0.123 e. The van der Waals surface area contributed by atoms with Crippen LogP contribution in [-0.2, 0) is 0 Å². The molecule has 0 radical (unpaired) electrons. The summed E-state index contributed by atoms with van der Waals surface area (Å²) in [5.74, 6) is 0. The Kier molecular flexibility index (Phi) is 2.77. The van der Waals surface area contributed by atoms with Crippen LogP contribution in [0.1, 0.15) is 20.8 Å². The van der Waals surface area contributed by atoms with E-state index in [4.69, 9.17) is 17.0 Å². The highest BCUT2D eigenvalue weighted by Gasteiger charge is 1.93. The van der Waals surface area contributed by atoms with E-state index in [9.17, 15) is 0 Å². The summed E-state index contributed by atoms with van der Waals surface area (Å²) >= 11 is 5.35. The van der Waals surface area contributed by atoms with Crippen LogP contribution in [0.3, 0.4) is 0 Å². The van der Waals surface area contributed by atoms with Crippen molar-refractivity contribution < 1.29 is 0 Å². The largest absolute Gasteiger partial charge is 0.289 e. The lowest BCUT2D eigenvalue weighted by atomic mass is 10.2. The number of hydrogen-bond donors (Lipinski definition) is 1. The van der Waals surface area contributed by atoms with Gasteiger partial charge in [0.1, 0.15) is 5.17 Å². The molecule has 0 aromatic rings. The summed E-state index contributed by atoms with van der Waals surface area (Å²) in [6, 6.07) is 0. The highest BCUT2D eigenvalue weighted by Crippen LogP contribution is 2.04.